The quantitative estimate of drug-likeness (QED) is 0.823. The predicted octanol–water partition coefficient (Wildman–Crippen LogP) is 3.74. The number of rotatable bonds is 7. The highest BCUT2D eigenvalue weighted by Crippen LogP contribution is 2.37. The van der Waals surface area contributed by atoms with Gasteiger partial charge in [0.05, 0.1) is 0 Å². The van der Waals surface area contributed by atoms with Crippen molar-refractivity contribution in [3.05, 3.63) is 35.6 Å². The molecule has 2 fully saturated rings. The van der Waals surface area contributed by atoms with Gasteiger partial charge in [-0.25, -0.2) is 4.39 Å². The average molecular weight is 290 g/mol. The fourth-order valence-corrected chi connectivity index (χ4v) is 4.02. The number of benzene rings is 1. The topological polar surface area (TPSA) is 15.3 Å². The van der Waals surface area contributed by atoms with E-state index in [0.717, 1.165) is 43.5 Å². The Bertz CT molecular complexity index is 462. The van der Waals surface area contributed by atoms with Gasteiger partial charge in [0.2, 0.25) is 0 Å². The molecule has 3 rings (SSSR count). The molecule has 0 radical (unpaired) electrons. The maximum Gasteiger partial charge on any atom is 0.123 e. The monoisotopic (exact) mass is 290 g/mol. The lowest BCUT2D eigenvalue weighted by Crippen LogP contribution is -2.35. The van der Waals surface area contributed by atoms with Gasteiger partial charge < -0.3 is 10.2 Å². The molecule has 1 aromatic carbocycles. The van der Waals surface area contributed by atoms with E-state index in [1.807, 2.05) is 12.1 Å². The first-order chi connectivity index (χ1) is 10.3. The Kier molecular flexibility index (Phi) is 4.91. The van der Waals surface area contributed by atoms with Gasteiger partial charge in [0.1, 0.15) is 5.82 Å². The number of hydrogen-bond acceptors (Lipinski definition) is 2. The van der Waals surface area contributed by atoms with Gasteiger partial charge >= 0.3 is 0 Å². The van der Waals surface area contributed by atoms with Crippen LogP contribution in [-0.2, 0) is 0 Å². The number of hydrogen-bond donors (Lipinski definition) is 1. The molecular formula is C18H27FN2. The summed E-state index contributed by atoms with van der Waals surface area (Å²) in [6.45, 7) is 5.59. The molecule has 3 heteroatoms. The van der Waals surface area contributed by atoms with E-state index in [4.69, 9.17) is 0 Å². The molecular weight excluding hydrogens is 263 g/mol. The van der Waals surface area contributed by atoms with E-state index in [0.29, 0.717) is 0 Å². The first-order valence-electron chi connectivity index (χ1n) is 8.49. The van der Waals surface area contributed by atoms with Crippen LogP contribution < -0.4 is 5.32 Å². The third-order valence-corrected chi connectivity index (χ3v) is 5.12. The Morgan fingerprint density at radius 2 is 2.29 bits per heavy atom. The van der Waals surface area contributed by atoms with Crippen LogP contribution >= 0.6 is 0 Å². The van der Waals surface area contributed by atoms with Crippen LogP contribution in [0, 0.1) is 11.7 Å². The molecule has 0 spiro atoms. The van der Waals surface area contributed by atoms with Crippen molar-refractivity contribution in [3.63, 3.8) is 0 Å². The van der Waals surface area contributed by atoms with Crippen molar-refractivity contribution in [2.24, 2.45) is 5.92 Å². The van der Waals surface area contributed by atoms with Crippen molar-refractivity contribution in [1.29, 1.82) is 0 Å². The largest absolute Gasteiger partial charge is 0.310 e. The second kappa shape index (κ2) is 6.89. The minimum Gasteiger partial charge on any atom is -0.310 e. The van der Waals surface area contributed by atoms with E-state index in [1.165, 1.54) is 31.9 Å². The van der Waals surface area contributed by atoms with Gasteiger partial charge in [0.15, 0.2) is 0 Å². The minimum atomic E-state index is -0.129. The normalized spacial score (nSPS) is 26.4. The van der Waals surface area contributed by atoms with Crippen molar-refractivity contribution >= 4 is 0 Å². The number of halogens is 1. The maximum absolute atomic E-state index is 13.5. The molecule has 21 heavy (non-hydrogen) atoms. The van der Waals surface area contributed by atoms with E-state index in [1.54, 1.807) is 6.07 Å². The van der Waals surface area contributed by atoms with E-state index >= 15 is 0 Å². The Morgan fingerprint density at radius 3 is 2.95 bits per heavy atom. The molecule has 1 aliphatic carbocycles. The van der Waals surface area contributed by atoms with Gasteiger partial charge in [0.25, 0.3) is 0 Å². The molecule has 116 valence electrons. The fourth-order valence-electron chi connectivity index (χ4n) is 4.02. The first kappa shape index (κ1) is 15.0. The van der Waals surface area contributed by atoms with Gasteiger partial charge in [-0.1, -0.05) is 19.1 Å². The molecule has 1 heterocycles. The van der Waals surface area contributed by atoms with Crippen LogP contribution in [0.25, 0.3) is 0 Å². The Morgan fingerprint density at radius 1 is 1.38 bits per heavy atom. The molecule has 1 saturated carbocycles. The highest BCUT2D eigenvalue weighted by Gasteiger charge is 2.37. The summed E-state index contributed by atoms with van der Waals surface area (Å²) >= 11 is 0. The maximum atomic E-state index is 13.5. The van der Waals surface area contributed by atoms with E-state index in [9.17, 15) is 4.39 Å². The summed E-state index contributed by atoms with van der Waals surface area (Å²) < 4.78 is 13.5. The molecule has 2 nitrogen and oxygen atoms in total. The van der Waals surface area contributed by atoms with Crippen LogP contribution in [-0.4, -0.2) is 30.6 Å². The van der Waals surface area contributed by atoms with Crippen molar-refractivity contribution in [1.82, 2.24) is 10.2 Å². The summed E-state index contributed by atoms with van der Waals surface area (Å²) in [7, 11) is 0. The standard InChI is InChI=1S/C18H27FN2/c1-2-9-20-18(15-4-3-5-16(19)12-15)8-10-21-13-14-6-7-17(21)11-14/h3-5,12,14,17-18,20H,2,6-11,13H2,1H3. The number of fused-ring (bicyclic) bond motifs is 2. The number of piperidine rings is 1. The zero-order chi connectivity index (χ0) is 14.7. The molecule has 1 aliphatic heterocycles. The summed E-state index contributed by atoms with van der Waals surface area (Å²) in [5.74, 6) is 0.822. The molecule has 1 saturated heterocycles. The van der Waals surface area contributed by atoms with Crippen LogP contribution in [0.1, 0.15) is 50.6 Å². The number of likely N-dealkylation sites (tertiary alicyclic amines) is 1. The van der Waals surface area contributed by atoms with Crippen molar-refractivity contribution in [2.45, 2.75) is 51.1 Å². The molecule has 1 N–H and O–H groups in total. The summed E-state index contributed by atoms with van der Waals surface area (Å²) in [5.41, 5.74) is 1.09. The Labute approximate surface area is 127 Å². The van der Waals surface area contributed by atoms with Gasteiger partial charge in [-0.15, -0.1) is 0 Å². The van der Waals surface area contributed by atoms with Crippen LogP contribution in [0.15, 0.2) is 24.3 Å². The molecule has 3 atom stereocenters. The lowest BCUT2D eigenvalue weighted by molar-refractivity contribution is 0.202. The fraction of sp³-hybridized carbons (Fsp3) is 0.667. The van der Waals surface area contributed by atoms with Crippen molar-refractivity contribution < 1.29 is 4.39 Å². The summed E-state index contributed by atoms with van der Waals surface area (Å²) in [6, 6.07) is 8.19. The van der Waals surface area contributed by atoms with E-state index in [2.05, 4.69) is 17.1 Å². The SMILES string of the molecule is CCCNC(CCN1CC2CCC1C2)c1cccc(F)c1. The third-order valence-electron chi connectivity index (χ3n) is 5.12. The van der Waals surface area contributed by atoms with Crippen LogP contribution in [0.2, 0.25) is 0 Å². The molecule has 3 unspecified atom stereocenters. The average Bonchev–Trinajstić information content (AvgIpc) is 3.10. The van der Waals surface area contributed by atoms with Crippen LogP contribution in [0.5, 0.6) is 0 Å². The Balaban J connectivity index is 1.59. The molecule has 2 aliphatic rings. The summed E-state index contributed by atoms with van der Waals surface area (Å²) in [4.78, 5) is 2.66. The van der Waals surface area contributed by atoms with Gasteiger partial charge in [-0.2, -0.15) is 0 Å². The highest BCUT2D eigenvalue weighted by molar-refractivity contribution is 5.20. The van der Waals surface area contributed by atoms with E-state index in [-0.39, 0.29) is 11.9 Å². The number of nitrogens with one attached hydrogen (secondary N) is 1. The molecule has 2 bridgehead atoms. The van der Waals surface area contributed by atoms with Gasteiger partial charge in [-0.05, 0) is 62.3 Å². The second-order valence-corrected chi connectivity index (χ2v) is 6.68. The van der Waals surface area contributed by atoms with Gasteiger partial charge in [0, 0.05) is 25.2 Å². The van der Waals surface area contributed by atoms with Crippen LogP contribution in [0.3, 0.4) is 0 Å². The van der Waals surface area contributed by atoms with E-state index < -0.39 is 0 Å². The molecule has 0 amide bonds. The Hall–Kier alpha value is -0.930. The lowest BCUT2D eigenvalue weighted by Gasteiger charge is -2.29. The number of nitrogens with zero attached hydrogens (tertiary/aromatic N) is 1. The smallest absolute Gasteiger partial charge is 0.123 e. The van der Waals surface area contributed by atoms with Crippen molar-refractivity contribution in [2.75, 3.05) is 19.6 Å². The van der Waals surface area contributed by atoms with Gasteiger partial charge in [-0.3, -0.25) is 0 Å². The molecule has 0 aromatic heterocycles. The lowest BCUT2D eigenvalue weighted by atomic mass is 10.0. The highest BCUT2D eigenvalue weighted by atomic mass is 19.1. The first-order valence-corrected chi connectivity index (χ1v) is 8.49. The summed E-state index contributed by atoms with van der Waals surface area (Å²) in [6.07, 6.45) is 6.42. The zero-order valence-corrected chi connectivity index (χ0v) is 13.0. The second-order valence-electron chi connectivity index (χ2n) is 6.68. The predicted molar refractivity (Wildman–Crippen MR) is 84.8 cm³/mol. The molecule has 1 aromatic rings. The van der Waals surface area contributed by atoms with Crippen molar-refractivity contribution in [3.8, 4) is 0 Å². The van der Waals surface area contributed by atoms with Crippen LogP contribution in [0.4, 0.5) is 4.39 Å². The zero-order valence-electron chi connectivity index (χ0n) is 13.0. The third kappa shape index (κ3) is 3.64. The minimum absolute atomic E-state index is 0.129. The summed E-state index contributed by atoms with van der Waals surface area (Å²) in [5, 5.41) is 3.59.